The summed E-state index contributed by atoms with van der Waals surface area (Å²) in [6.07, 6.45) is 2.65. The van der Waals surface area contributed by atoms with Crippen molar-refractivity contribution in [2.45, 2.75) is 19.4 Å². The van der Waals surface area contributed by atoms with E-state index in [4.69, 9.17) is 10.5 Å². The Kier molecular flexibility index (Phi) is 4.57. The van der Waals surface area contributed by atoms with Gasteiger partial charge >= 0.3 is 5.97 Å². The fourth-order valence-electron chi connectivity index (χ4n) is 1.91. The summed E-state index contributed by atoms with van der Waals surface area (Å²) in [5, 5.41) is 6.27. The number of rotatable bonds is 5. The SMILES string of the molecule is CCC(Nc1cccc(C(=O)OC)c1N)c1nccs1. The third-order valence-corrected chi connectivity index (χ3v) is 3.89. The first-order valence-corrected chi connectivity index (χ1v) is 7.18. The number of nitrogen functional groups attached to an aromatic ring is 1. The zero-order valence-corrected chi connectivity index (χ0v) is 12.2. The van der Waals surface area contributed by atoms with E-state index >= 15 is 0 Å². The van der Waals surface area contributed by atoms with Gasteiger partial charge in [-0.1, -0.05) is 13.0 Å². The van der Waals surface area contributed by atoms with E-state index < -0.39 is 5.97 Å². The van der Waals surface area contributed by atoms with Crippen LogP contribution in [0.1, 0.15) is 34.8 Å². The van der Waals surface area contributed by atoms with E-state index in [0.717, 1.165) is 17.1 Å². The van der Waals surface area contributed by atoms with Crippen LogP contribution in [0.25, 0.3) is 0 Å². The lowest BCUT2D eigenvalue weighted by Gasteiger charge is -2.18. The second-order valence-corrected chi connectivity index (χ2v) is 5.16. The molecule has 0 aliphatic heterocycles. The number of aromatic nitrogens is 1. The molecule has 106 valence electrons. The van der Waals surface area contributed by atoms with Crippen LogP contribution in [0.15, 0.2) is 29.8 Å². The Morgan fingerprint density at radius 1 is 1.55 bits per heavy atom. The second-order valence-electron chi connectivity index (χ2n) is 4.23. The topological polar surface area (TPSA) is 77.2 Å². The van der Waals surface area contributed by atoms with Gasteiger partial charge in [-0.15, -0.1) is 11.3 Å². The number of esters is 1. The maximum Gasteiger partial charge on any atom is 0.340 e. The van der Waals surface area contributed by atoms with Gasteiger partial charge in [0, 0.05) is 11.6 Å². The van der Waals surface area contributed by atoms with Crippen LogP contribution < -0.4 is 11.1 Å². The van der Waals surface area contributed by atoms with E-state index in [1.54, 1.807) is 29.7 Å². The summed E-state index contributed by atoms with van der Waals surface area (Å²) >= 11 is 1.59. The number of benzene rings is 1. The van der Waals surface area contributed by atoms with Gasteiger partial charge in [-0.25, -0.2) is 9.78 Å². The lowest BCUT2D eigenvalue weighted by atomic mass is 10.1. The molecule has 0 spiro atoms. The Morgan fingerprint density at radius 3 is 2.95 bits per heavy atom. The van der Waals surface area contributed by atoms with Gasteiger partial charge in [0.1, 0.15) is 5.01 Å². The van der Waals surface area contributed by atoms with Crippen molar-refractivity contribution < 1.29 is 9.53 Å². The molecular formula is C14H17N3O2S. The Labute approximate surface area is 121 Å². The van der Waals surface area contributed by atoms with Gasteiger partial charge in [-0.05, 0) is 18.6 Å². The molecule has 1 heterocycles. The molecule has 1 atom stereocenters. The van der Waals surface area contributed by atoms with Crippen molar-refractivity contribution in [2.24, 2.45) is 0 Å². The number of hydrogen-bond acceptors (Lipinski definition) is 6. The molecule has 3 N–H and O–H groups in total. The molecule has 1 aromatic heterocycles. The van der Waals surface area contributed by atoms with E-state index in [0.29, 0.717) is 11.3 Å². The zero-order chi connectivity index (χ0) is 14.5. The van der Waals surface area contributed by atoms with Gasteiger partial charge in [0.05, 0.1) is 30.1 Å². The summed E-state index contributed by atoms with van der Waals surface area (Å²) in [7, 11) is 1.34. The van der Waals surface area contributed by atoms with Crippen LogP contribution >= 0.6 is 11.3 Å². The molecule has 0 aliphatic carbocycles. The molecular weight excluding hydrogens is 274 g/mol. The summed E-state index contributed by atoms with van der Waals surface area (Å²) < 4.78 is 4.72. The highest BCUT2D eigenvalue weighted by Gasteiger charge is 2.16. The second kappa shape index (κ2) is 6.38. The van der Waals surface area contributed by atoms with Crippen LogP contribution in [0, 0.1) is 0 Å². The predicted octanol–water partition coefficient (Wildman–Crippen LogP) is 3.08. The highest BCUT2D eigenvalue weighted by molar-refractivity contribution is 7.09. The lowest BCUT2D eigenvalue weighted by Crippen LogP contribution is -2.13. The third-order valence-electron chi connectivity index (χ3n) is 3.00. The fraction of sp³-hybridized carbons (Fsp3) is 0.286. The van der Waals surface area contributed by atoms with Gasteiger partial charge in [0.25, 0.3) is 0 Å². The molecule has 0 radical (unpaired) electrons. The largest absolute Gasteiger partial charge is 0.465 e. The summed E-state index contributed by atoms with van der Waals surface area (Å²) in [5.74, 6) is -0.437. The van der Waals surface area contributed by atoms with Crippen molar-refractivity contribution in [1.82, 2.24) is 4.98 Å². The number of methoxy groups -OCH3 is 1. The number of hydrogen-bond donors (Lipinski definition) is 2. The lowest BCUT2D eigenvalue weighted by molar-refractivity contribution is 0.0602. The minimum absolute atomic E-state index is 0.0743. The fourth-order valence-corrected chi connectivity index (χ4v) is 2.68. The van der Waals surface area contributed by atoms with Crippen molar-refractivity contribution in [2.75, 3.05) is 18.2 Å². The van der Waals surface area contributed by atoms with E-state index in [9.17, 15) is 4.79 Å². The summed E-state index contributed by atoms with van der Waals surface area (Å²) in [6.45, 7) is 2.07. The quantitative estimate of drug-likeness (QED) is 0.654. The summed E-state index contributed by atoms with van der Waals surface area (Å²) in [6, 6.07) is 5.35. The molecule has 1 aromatic carbocycles. The normalized spacial score (nSPS) is 11.9. The molecule has 0 aliphatic rings. The summed E-state index contributed by atoms with van der Waals surface area (Å²) in [5.41, 5.74) is 7.52. The number of nitrogens with zero attached hydrogens (tertiary/aromatic N) is 1. The number of para-hydroxylation sites is 1. The number of carbonyl (C=O) groups excluding carboxylic acids is 1. The molecule has 1 unspecified atom stereocenters. The maximum absolute atomic E-state index is 11.6. The van der Waals surface area contributed by atoms with Crippen molar-refractivity contribution >= 4 is 28.7 Å². The van der Waals surface area contributed by atoms with Crippen LogP contribution in [0.4, 0.5) is 11.4 Å². The molecule has 0 saturated carbocycles. The monoisotopic (exact) mass is 291 g/mol. The van der Waals surface area contributed by atoms with Crippen molar-refractivity contribution in [3.05, 3.63) is 40.3 Å². The average molecular weight is 291 g/mol. The average Bonchev–Trinajstić information content (AvgIpc) is 2.99. The van der Waals surface area contributed by atoms with Gasteiger partial charge < -0.3 is 15.8 Å². The molecule has 2 rings (SSSR count). The third kappa shape index (κ3) is 2.91. The zero-order valence-electron chi connectivity index (χ0n) is 11.4. The standard InChI is InChI=1S/C14H17N3O2S/c1-3-10(13-16-7-8-20-13)17-11-6-4-5-9(12(11)15)14(18)19-2/h4-8,10,17H,3,15H2,1-2H3. The van der Waals surface area contributed by atoms with Crippen LogP contribution in [0.5, 0.6) is 0 Å². The highest BCUT2D eigenvalue weighted by Crippen LogP contribution is 2.29. The molecule has 6 heteroatoms. The Bertz CT molecular complexity index is 584. The van der Waals surface area contributed by atoms with Crippen molar-refractivity contribution in [3.63, 3.8) is 0 Å². The van der Waals surface area contributed by atoms with E-state index in [-0.39, 0.29) is 6.04 Å². The molecule has 20 heavy (non-hydrogen) atoms. The van der Waals surface area contributed by atoms with Crippen LogP contribution in [-0.2, 0) is 4.74 Å². The van der Waals surface area contributed by atoms with Crippen molar-refractivity contribution in [3.8, 4) is 0 Å². The number of nitrogens with two attached hydrogens (primary N) is 1. The van der Waals surface area contributed by atoms with Gasteiger partial charge in [0.15, 0.2) is 0 Å². The first kappa shape index (κ1) is 14.3. The minimum Gasteiger partial charge on any atom is -0.465 e. The maximum atomic E-state index is 11.6. The van der Waals surface area contributed by atoms with Crippen LogP contribution in [0.3, 0.4) is 0 Å². The van der Waals surface area contributed by atoms with Crippen LogP contribution in [0.2, 0.25) is 0 Å². The van der Waals surface area contributed by atoms with E-state index in [2.05, 4.69) is 17.2 Å². The summed E-state index contributed by atoms with van der Waals surface area (Å²) in [4.78, 5) is 15.9. The van der Waals surface area contributed by atoms with Gasteiger partial charge in [-0.3, -0.25) is 0 Å². The number of ether oxygens (including phenoxy) is 1. The van der Waals surface area contributed by atoms with Gasteiger partial charge in [-0.2, -0.15) is 0 Å². The molecule has 0 amide bonds. The van der Waals surface area contributed by atoms with Crippen molar-refractivity contribution in [1.29, 1.82) is 0 Å². The number of thiazole rings is 1. The molecule has 2 aromatic rings. The molecule has 0 saturated heterocycles. The van der Waals surface area contributed by atoms with E-state index in [1.807, 2.05) is 11.4 Å². The highest BCUT2D eigenvalue weighted by atomic mass is 32.1. The van der Waals surface area contributed by atoms with E-state index in [1.165, 1.54) is 7.11 Å². The van der Waals surface area contributed by atoms with Gasteiger partial charge in [0.2, 0.25) is 0 Å². The number of anilines is 2. The smallest absolute Gasteiger partial charge is 0.340 e. The number of carbonyl (C=O) groups is 1. The predicted molar refractivity (Wildman–Crippen MR) is 81.0 cm³/mol. The Hall–Kier alpha value is -2.08. The first-order valence-electron chi connectivity index (χ1n) is 6.30. The minimum atomic E-state index is -0.437. The Balaban J connectivity index is 2.27. The first-order chi connectivity index (χ1) is 9.67. The Morgan fingerprint density at radius 2 is 2.35 bits per heavy atom. The molecule has 0 fully saturated rings. The van der Waals surface area contributed by atoms with Crippen LogP contribution in [-0.4, -0.2) is 18.1 Å². The molecule has 5 nitrogen and oxygen atoms in total. The number of nitrogens with one attached hydrogen (secondary N) is 1. The molecule has 0 bridgehead atoms.